The van der Waals surface area contributed by atoms with Crippen LogP contribution in [0.25, 0.3) is 0 Å². The molecule has 2 aliphatic carbocycles. The van der Waals surface area contributed by atoms with Crippen LogP contribution in [-0.4, -0.2) is 34.5 Å². The average Bonchev–Trinajstić information content (AvgIpc) is 3.17. The van der Waals surface area contributed by atoms with Gasteiger partial charge in [0.1, 0.15) is 5.75 Å². The predicted molar refractivity (Wildman–Crippen MR) is 137 cm³/mol. The molecule has 200 valence electrons. The first kappa shape index (κ1) is 26.7. The van der Waals surface area contributed by atoms with Crippen LogP contribution in [0.4, 0.5) is 17.1 Å². The van der Waals surface area contributed by atoms with Crippen LogP contribution in [0.15, 0.2) is 41.6 Å². The van der Waals surface area contributed by atoms with Crippen molar-refractivity contribution in [1.82, 2.24) is 0 Å². The van der Waals surface area contributed by atoms with Crippen molar-refractivity contribution in [3.05, 3.63) is 67.8 Å². The molecule has 2 aromatic carbocycles. The molecule has 0 heterocycles. The van der Waals surface area contributed by atoms with Gasteiger partial charge in [-0.1, -0.05) is 32.0 Å². The molecule has 2 aliphatic rings. The summed E-state index contributed by atoms with van der Waals surface area (Å²) in [5.74, 6) is -0.733. The van der Waals surface area contributed by atoms with Gasteiger partial charge in [-0.2, -0.15) is 0 Å². The van der Waals surface area contributed by atoms with E-state index >= 15 is 0 Å². The summed E-state index contributed by atoms with van der Waals surface area (Å²) in [6, 6.07) is 8.05. The van der Waals surface area contributed by atoms with E-state index in [1.807, 2.05) is 39.8 Å². The molecule has 0 aromatic heterocycles. The maximum Gasteiger partial charge on any atom is 0.366 e. The van der Waals surface area contributed by atoms with Crippen molar-refractivity contribution in [1.29, 1.82) is 0 Å². The van der Waals surface area contributed by atoms with E-state index in [2.05, 4.69) is 10.5 Å². The Morgan fingerprint density at radius 3 is 2.21 bits per heavy atom. The van der Waals surface area contributed by atoms with Gasteiger partial charge in [0.25, 0.3) is 11.4 Å². The van der Waals surface area contributed by atoms with Crippen molar-refractivity contribution in [3.63, 3.8) is 0 Å². The fraction of sp³-hybridized carbons (Fsp3) is 0.423. The molecule has 4 rings (SSSR count). The van der Waals surface area contributed by atoms with Crippen LogP contribution >= 0.6 is 0 Å². The second-order valence-corrected chi connectivity index (χ2v) is 10.5. The number of anilines is 1. The molecule has 0 aliphatic heterocycles. The second-order valence-electron chi connectivity index (χ2n) is 10.5. The number of hydrogen-bond acceptors (Lipinski definition) is 9. The normalized spacial score (nSPS) is 24.2. The summed E-state index contributed by atoms with van der Waals surface area (Å²) in [6.07, 6.45) is 1.45. The Hall–Kier alpha value is -4.35. The molecule has 1 N–H and O–H groups in total. The van der Waals surface area contributed by atoms with Crippen LogP contribution in [0.1, 0.15) is 56.0 Å². The number of aryl methyl sites for hydroxylation is 1. The van der Waals surface area contributed by atoms with Gasteiger partial charge < -0.3 is 14.9 Å². The number of ether oxygens (including phenoxy) is 1. The van der Waals surface area contributed by atoms with Gasteiger partial charge in [0.05, 0.1) is 45.4 Å². The Morgan fingerprint density at radius 1 is 1.00 bits per heavy atom. The Kier molecular flexibility index (Phi) is 6.46. The van der Waals surface area contributed by atoms with Crippen LogP contribution in [0.5, 0.6) is 5.75 Å². The second kappa shape index (κ2) is 9.19. The Labute approximate surface area is 218 Å². The van der Waals surface area contributed by atoms with E-state index in [0.29, 0.717) is 30.0 Å². The van der Waals surface area contributed by atoms with E-state index in [-0.39, 0.29) is 17.9 Å². The monoisotopic (exact) mass is 524 g/mol. The van der Waals surface area contributed by atoms with E-state index in [9.17, 15) is 29.8 Å². The number of benzene rings is 2. The molecule has 2 unspecified atom stereocenters. The summed E-state index contributed by atoms with van der Waals surface area (Å²) in [6.45, 7) is 7.85. The SMILES string of the molecule is COc1ccc(C)cc1NC(=O)C12CCC(C)(/C(=N\OC(=O)c3cc([N+](=O)[O-])cc([N+](=O)[O-])c3)C1)C2(C)C. The lowest BCUT2D eigenvalue weighted by atomic mass is 9.64. The Balaban J connectivity index is 1.62. The fourth-order valence-electron chi connectivity index (χ4n) is 5.76. The van der Waals surface area contributed by atoms with Crippen molar-refractivity contribution in [2.24, 2.45) is 21.4 Å². The van der Waals surface area contributed by atoms with Crippen LogP contribution in [0.3, 0.4) is 0 Å². The zero-order valence-corrected chi connectivity index (χ0v) is 21.7. The van der Waals surface area contributed by atoms with Crippen molar-refractivity contribution in [3.8, 4) is 5.75 Å². The van der Waals surface area contributed by atoms with Gasteiger partial charge >= 0.3 is 5.97 Å². The lowest BCUT2D eigenvalue weighted by Gasteiger charge is -2.39. The topological polar surface area (TPSA) is 163 Å². The summed E-state index contributed by atoms with van der Waals surface area (Å²) in [7, 11) is 1.53. The molecule has 2 bridgehead atoms. The Bertz CT molecular complexity index is 1370. The van der Waals surface area contributed by atoms with Crippen LogP contribution in [-0.2, 0) is 9.63 Å². The number of rotatable bonds is 7. The summed E-state index contributed by atoms with van der Waals surface area (Å²) in [4.78, 5) is 52.3. The van der Waals surface area contributed by atoms with Crippen molar-refractivity contribution in [2.45, 2.75) is 47.0 Å². The number of amides is 1. The molecule has 12 heteroatoms. The van der Waals surface area contributed by atoms with E-state index in [1.165, 1.54) is 7.11 Å². The molecule has 12 nitrogen and oxygen atoms in total. The summed E-state index contributed by atoms with van der Waals surface area (Å²) >= 11 is 0. The van der Waals surface area contributed by atoms with E-state index in [0.717, 1.165) is 23.8 Å². The highest BCUT2D eigenvalue weighted by molar-refractivity contribution is 6.07. The third-order valence-electron chi connectivity index (χ3n) is 8.57. The molecule has 2 aromatic rings. The summed E-state index contributed by atoms with van der Waals surface area (Å²) < 4.78 is 5.41. The molecule has 1 amide bonds. The van der Waals surface area contributed by atoms with E-state index in [4.69, 9.17) is 9.57 Å². The van der Waals surface area contributed by atoms with Crippen molar-refractivity contribution >= 4 is 34.7 Å². The first-order chi connectivity index (χ1) is 17.8. The predicted octanol–water partition coefficient (Wildman–Crippen LogP) is 5.19. The number of oxime groups is 1. The highest BCUT2D eigenvalue weighted by Crippen LogP contribution is 2.71. The zero-order valence-electron chi connectivity index (χ0n) is 21.7. The zero-order chi connectivity index (χ0) is 28.0. The molecule has 0 spiro atoms. The lowest BCUT2D eigenvalue weighted by molar-refractivity contribution is -0.394. The fourth-order valence-corrected chi connectivity index (χ4v) is 5.76. The molecular formula is C26H28N4O8. The standard InChI is InChI=1S/C26H28N4O8/c1-15-6-7-20(37-5)19(10-15)27-23(32)26-9-8-25(4,24(26,2)3)21(14-26)28-38-22(31)16-11-17(29(33)34)13-18(12-16)30(35)36/h6-7,10-13H,8-9,14H2,1-5H3,(H,27,32)/b28-21-. The van der Waals surface area contributed by atoms with Crippen LogP contribution < -0.4 is 10.1 Å². The van der Waals surface area contributed by atoms with Crippen LogP contribution in [0.2, 0.25) is 0 Å². The van der Waals surface area contributed by atoms with E-state index in [1.54, 1.807) is 6.07 Å². The van der Waals surface area contributed by atoms with Gasteiger partial charge in [0.2, 0.25) is 5.91 Å². The maximum absolute atomic E-state index is 13.8. The number of nitro groups is 2. The Morgan fingerprint density at radius 2 is 1.63 bits per heavy atom. The molecule has 0 saturated heterocycles. The largest absolute Gasteiger partial charge is 0.495 e. The van der Waals surface area contributed by atoms with Gasteiger partial charge in [-0.25, -0.2) is 4.79 Å². The van der Waals surface area contributed by atoms with E-state index < -0.39 is 43.4 Å². The molecular weight excluding hydrogens is 496 g/mol. The van der Waals surface area contributed by atoms with Gasteiger partial charge in [-0.3, -0.25) is 25.0 Å². The number of non-ortho nitro benzene ring substituents is 2. The van der Waals surface area contributed by atoms with Crippen molar-refractivity contribution < 1.29 is 29.0 Å². The average molecular weight is 525 g/mol. The summed E-state index contributed by atoms with van der Waals surface area (Å²) in [5.41, 5.74) is -1.56. The van der Waals surface area contributed by atoms with Crippen LogP contribution in [0, 0.1) is 43.4 Å². The minimum absolute atomic E-state index is 0.194. The molecule has 38 heavy (non-hydrogen) atoms. The number of carbonyl (C=O) groups excluding carboxylic acids is 2. The smallest absolute Gasteiger partial charge is 0.366 e. The molecule has 2 atom stereocenters. The van der Waals surface area contributed by atoms with Crippen molar-refractivity contribution in [2.75, 3.05) is 12.4 Å². The number of hydrogen-bond donors (Lipinski definition) is 1. The minimum atomic E-state index is -1.07. The summed E-state index contributed by atoms with van der Waals surface area (Å²) in [5, 5.41) is 29.5. The maximum atomic E-state index is 13.8. The molecule has 2 saturated carbocycles. The first-order valence-corrected chi connectivity index (χ1v) is 11.9. The third kappa shape index (κ3) is 4.05. The number of nitro benzene ring substituents is 2. The third-order valence-corrected chi connectivity index (χ3v) is 8.57. The lowest BCUT2D eigenvalue weighted by Crippen LogP contribution is -2.43. The quantitative estimate of drug-likeness (QED) is 0.294. The number of nitrogens with zero attached hydrogens (tertiary/aromatic N) is 3. The number of carbonyl (C=O) groups is 2. The molecule has 2 fully saturated rings. The molecule has 0 radical (unpaired) electrons. The van der Waals surface area contributed by atoms with Gasteiger partial charge in [0, 0.05) is 24.0 Å². The van der Waals surface area contributed by atoms with Gasteiger partial charge in [0.15, 0.2) is 0 Å². The minimum Gasteiger partial charge on any atom is -0.495 e. The first-order valence-electron chi connectivity index (χ1n) is 11.9. The highest BCUT2D eigenvalue weighted by Gasteiger charge is 2.71. The number of fused-ring (bicyclic) bond motifs is 2. The number of nitrogens with one attached hydrogen (secondary N) is 1. The van der Waals surface area contributed by atoms with Gasteiger partial charge in [-0.15, -0.1) is 0 Å². The van der Waals surface area contributed by atoms with Gasteiger partial charge in [-0.05, 0) is 42.9 Å². The number of methoxy groups -OCH3 is 1. The highest BCUT2D eigenvalue weighted by atomic mass is 16.7.